The molecule has 1 N–H and O–H groups in total. The molecule has 4 nitrogen and oxygen atoms in total. The number of aliphatic hydroxyl groups is 1. The van der Waals surface area contributed by atoms with E-state index >= 15 is 0 Å². The van der Waals surface area contributed by atoms with E-state index in [4.69, 9.17) is 4.74 Å². The Labute approximate surface area is 107 Å². The van der Waals surface area contributed by atoms with Crippen molar-refractivity contribution in [3.63, 3.8) is 0 Å². The summed E-state index contributed by atoms with van der Waals surface area (Å²) >= 11 is 0. The fourth-order valence-corrected chi connectivity index (χ4v) is 1.65. The Kier molecular flexibility index (Phi) is 10.9. The summed E-state index contributed by atoms with van der Waals surface area (Å²) in [6, 6.07) is 0. The summed E-state index contributed by atoms with van der Waals surface area (Å²) in [6.45, 7) is 12.4. The molecule has 1 unspecified atom stereocenters. The molecule has 0 amide bonds. The molecule has 0 heterocycles. The van der Waals surface area contributed by atoms with Gasteiger partial charge >= 0.3 is 0 Å². The van der Waals surface area contributed by atoms with E-state index in [1.807, 2.05) is 0 Å². The van der Waals surface area contributed by atoms with Crippen molar-refractivity contribution in [3.8, 4) is 0 Å². The number of rotatable bonds is 11. The maximum Gasteiger partial charge on any atom is 0.0900 e. The Hall–Kier alpha value is -0.160. The van der Waals surface area contributed by atoms with E-state index in [1.165, 1.54) is 0 Å². The Morgan fingerprint density at radius 1 is 1.12 bits per heavy atom. The lowest BCUT2D eigenvalue weighted by molar-refractivity contribution is 0.0161. The Morgan fingerprint density at radius 3 is 2.29 bits per heavy atom. The third-order valence-corrected chi connectivity index (χ3v) is 3.04. The molecule has 0 fully saturated rings. The summed E-state index contributed by atoms with van der Waals surface area (Å²) < 4.78 is 5.48. The first-order valence-electron chi connectivity index (χ1n) is 6.80. The molecule has 0 aromatic carbocycles. The van der Waals surface area contributed by atoms with Gasteiger partial charge in [-0.1, -0.05) is 20.8 Å². The average molecular weight is 246 g/mol. The largest absolute Gasteiger partial charge is 0.389 e. The molecular formula is C13H30N2O2. The molecule has 104 valence electrons. The summed E-state index contributed by atoms with van der Waals surface area (Å²) in [6.07, 6.45) is 0.668. The summed E-state index contributed by atoms with van der Waals surface area (Å²) in [7, 11) is 2.11. The molecule has 0 spiro atoms. The molecular weight excluding hydrogens is 216 g/mol. The van der Waals surface area contributed by atoms with E-state index in [2.05, 4.69) is 37.6 Å². The van der Waals surface area contributed by atoms with Crippen LogP contribution in [-0.2, 0) is 4.74 Å². The van der Waals surface area contributed by atoms with Gasteiger partial charge in [-0.25, -0.2) is 0 Å². The normalized spacial score (nSPS) is 13.6. The predicted octanol–water partition coefficient (Wildman–Crippen LogP) is 1.05. The second kappa shape index (κ2) is 11.0. The third kappa shape index (κ3) is 9.53. The smallest absolute Gasteiger partial charge is 0.0900 e. The summed E-state index contributed by atoms with van der Waals surface area (Å²) in [5.74, 6) is 0. The van der Waals surface area contributed by atoms with Crippen LogP contribution in [0.25, 0.3) is 0 Å². The molecule has 1 atom stereocenters. The van der Waals surface area contributed by atoms with Crippen LogP contribution >= 0.6 is 0 Å². The number of hydrogen-bond donors (Lipinski definition) is 1. The van der Waals surface area contributed by atoms with Crippen LogP contribution in [-0.4, -0.2) is 74.0 Å². The van der Waals surface area contributed by atoms with Gasteiger partial charge in [0.15, 0.2) is 0 Å². The Bertz CT molecular complexity index is 163. The number of aliphatic hydroxyl groups excluding tert-OH is 1. The fraction of sp³-hybridized carbons (Fsp3) is 1.00. The first-order chi connectivity index (χ1) is 8.13. The highest BCUT2D eigenvalue weighted by Crippen LogP contribution is 1.95. The van der Waals surface area contributed by atoms with Crippen molar-refractivity contribution in [3.05, 3.63) is 0 Å². The van der Waals surface area contributed by atoms with Crippen molar-refractivity contribution in [1.82, 2.24) is 9.80 Å². The average Bonchev–Trinajstić information content (AvgIpc) is 2.35. The highest BCUT2D eigenvalue weighted by atomic mass is 16.5. The molecule has 0 aliphatic carbocycles. The maximum absolute atomic E-state index is 9.76. The van der Waals surface area contributed by atoms with Gasteiger partial charge in [-0.15, -0.1) is 0 Å². The molecule has 0 bridgehead atoms. The second-order valence-corrected chi connectivity index (χ2v) is 4.46. The van der Waals surface area contributed by atoms with E-state index in [0.717, 1.165) is 39.2 Å². The lowest BCUT2D eigenvalue weighted by Crippen LogP contribution is -2.34. The molecule has 0 aromatic heterocycles. The zero-order chi connectivity index (χ0) is 13.1. The van der Waals surface area contributed by atoms with Crippen LogP contribution in [0.2, 0.25) is 0 Å². The molecule has 0 radical (unpaired) electrons. The number of nitrogens with zero attached hydrogens (tertiary/aromatic N) is 2. The Morgan fingerprint density at radius 2 is 1.76 bits per heavy atom. The van der Waals surface area contributed by atoms with Gasteiger partial charge in [0.2, 0.25) is 0 Å². The van der Waals surface area contributed by atoms with E-state index in [-0.39, 0.29) is 6.10 Å². The van der Waals surface area contributed by atoms with Crippen LogP contribution in [0.4, 0.5) is 0 Å². The number of likely N-dealkylation sites (N-methyl/N-ethyl adjacent to an activating group) is 1. The van der Waals surface area contributed by atoms with Gasteiger partial charge in [0, 0.05) is 19.7 Å². The van der Waals surface area contributed by atoms with E-state index in [9.17, 15) is 5.11 Å². The molecule has 17 heavy (non-hydrogen) atoms. The SMILES string of the molecule is CCN(C)CCCOCC(O)CN(CC)CC. The quantitative estimate of drug-likeness (QED) is 0.553. The van der Waals surface area contributed by atoms with Crippen LogP contribution in [0.3, 0.4) is 0 Å². The molecule has 0 saturated heterocycles. The highest BCUT2D eigenvalue weighted by molar-refractivity contribution is 4.61. The van der Waals surface area contributed by atoms with Crippen molar-refractivity contribution in [2.24, 2.45) is 0 Å². The zero-order valence-electron chi connectivity index (χ0n) is 12.0. The minimum atomic E-state index is -0.362. The van der Waals surface area contributed by atoms with E-state index in [1.54, 1.807) is 0 Å². The number of hydrogen-bond acceptors (Lipinski definition) is 4. The lowest BCUT2D eigenvalue weighted by Gasteiger charge is -2.21. The van der Waals surface area contributed by atoms with E-state index in [0.29, 0.717) is 13.2 Å². The van der Waals surface area contributed by atoms with Crippen molar-refractivity contribution in [1.29, 1.82) is 0 Å². The van der Waals surface area contributed by atoms with Gasteiger partial charge < -0.3 is 19.6 Å². The van der Waals surface area contributed by atoms with Gasteiger partial charge in [-0.3, -0.25) is 0 Å². The minimum Gasteiger partial charge on any atom is -0.389 e. The van der Waals surface area contributed by atoms with Crippen molar-refractivity contribution in [2.75, 3.05) is 53.0 Å². The maximum atomic E-state index is 9.76. The predicted molar refractivity (Wildman–Crippen MR) is 72.4 cm³/mol. The molecule has 0 saturated carbocycles. The second-order valence-electron chi connectivity index (χ2n) is 4.46. The summed E-state index contributed by atoms with van der Waals surface area (Å²) in [4.78, 5) is 4.47. The van der Waals surface area contributed by atoms with Crippen molar-refractivity contribution in [2.45, 2.75) is 33.3 Å². The number of ether oxygens (including phenoxy) is 1. The van der Waals surface area contributed by atoms with E-state index < -0.39 is 0 Å². The fourth-order valence-electron chi connectivity index (χ4n) is 1.65. The topological polar surface area (TPSA) is 35.9 Å². The van der Waals surface area contributed by atoms with Crippen LogP contribution in [0.5, 0.6) is 0 Å². The highest BCUT2D eigenvalue weighted by Gasteiger charge is 2.08. The Balaban J connectivity index is 3.41. The molecule has 4 heteroatoms. The van der Waals surface area contributed by atoms with Gasteiger partial charge in [0.25, 0.3) is 0 Å². The zero-order valence-corrected chi connectivity index (χ0v) is 12.0. The van der Waals surface area contributed by atoms with Gasteiger partial charge in [-0.05, 0) is 33.1 Å². The minimum absolute atomic E-state index is 0.362. The first-order valence-corrected chi connectivity index (χ1v) is 6.80. The monoisotopic (exact) mass is 246 g/mol. The van der Waals surface area contributed by atoms with Gasteiger partial charge in [-0.2, -0.15) is 0 Å². The van der Waals surface area contributed by atoms with Crippen LogP contribution in [0.1, 0.15) is 27.2 Å². The molecule has 0 aliphatic rings. The third-order valence-electron chi connectivity index (χ3n) is 3.04. The van der Waals surface area contributed by atoms with Crippen LogP contribution in [0.15, 0.2) is 0 Å². The van der Waals surface area contributed by atoms with Crippen molar-refractivity contribution >= 4 is 0 Å². The first kappa shape index (κ1) is 16.8. The standard InChI is InChI=1S/C13H30N2O2/c1-5-14(4)9-8-10-17-12-13(16)11-15(6-2)7-3/h13,16H,5-12H2,1-4H3. The summed E-state index contributed by atoms with van der Waals surface area (Å²) in [5, 5.41) is 9.76. The van der Waals surface area contributed by atoms with Gasteiger partial charge in [0.05, 0.1) is 12.7 Å². The summed E-state index contributed by atoms with van der Waals surface area (Å²) in [5.41, 5.74) is 0. The molecule has 0 rings (SSSR count). The van der Waals surface area contributed by atoms with Crippen molar-refractivity contribution < 1.29 is 9.84 Å². The molecule has 0 aromatic rings. The lowest BCUT2D eigenvalue weighted by atomic mass is 10.3. The van der Waals surface area contributed by atoms with Crippen LogP contribution in [0, 0.1) is 0 Å². The molecule has 0 aliphatic heterocycles. The van der Waals surface area contributed by atoms with Crippen LogP contribution < -0.4 is 0 Å². The van der Waals surface area contributed by atoms with Gasteiger partial charge in [0.1, 0.15) is 0 Å².